The average Bonchev–Trinajstić information content (AvgIpc) is 2.92. The van der Waals surface area contributed by atoms with Crippen LogP contribution in [0, 0.1) is 0 Å². The van der Waals surface area contributed by atoms with Gasteiger partial charge in [0.15, 0.2) is 18.5 Å². The topological polar surface area (TPSA) is 129 Å². The molecule has 1 aliphatic rings. The Morgan fingerprint density at radius 1 is 0.639 bits per heavy atom. The van der Waals surface area contributed by atoms with Gasteiger partial charge in [0.25, 0.3) is 0 Å². The maximum Gasteiger partial charge on any atom is 0.338 e. The van der Waals surface area contributed by atoms with E-state index in [1.165, 1.54) is 24.3 Å². The first-order chi connectivity index (χ1) is 17.4. The molecule has 0 bridgehead atoms. The van der Waals surface area contributed by atoms with Crippen LogP contribution >= 0.6 is 0 Å². The summed E-state index contributed by atoms with van der Waals surface area (Å²) in [5.74, 6) is -2.30. The Kier molecular flexibility index (Phi) is 8.06. The molecule has 0 aromatic heterocycles. The molecule has 1 saturated heterocycles. The molecule has 0 spiro atoms. The molecule has 0 radical (unpaired) electrons. The number of esters is 3. The van der Waals surface area contributed by atoms with Gasteiger partial charge in [0.05, 0.1) is 16.7 Å². The number of hydrogen-bond acceptors (Lipinski definition) is 9. The van der Waals surface area contributed by atoms with Crippen molar-refractivity contribution in [2.75, 3.05) is 6.61 Å². The van der Waals surface area contributed by atoms with Crippen LogP contribution in [0.3, 0.4) is 0 Å². The van der Waals surface area contributed by atoms with Gasteiger partial charge in [0.2, 0.25) is 0 Å². The highest BCUT2D eigenvalue weighted by molar-refractivity contribution is 5.90. The lowest BCUT2D eigenvalue weighted by atomic mass is 9.98. The zero-order valence-corrected chi connectivity index (χ0v) is 19.0. The van der Waals surface area contributed by atoms with Crippen molar-refractivity contribution in [3.05, 3.63) is 108 Å². The molecule has 1 heterocycles. The lowest BCUT2D eigenvalue weighted by molar-refractivity contribution is -0.284. The molecule has 0 aliphatic carbocycles. The molecule has 9 heteroatoms. The Hall–Kier alpha value is -4.05. The standard InChI is InChI=1S/C27H24O9/c28-21-20(16-33-24(29)17-10-4-1-5-11-17)34-27(32)23(36-26(31)19-14-8-3-9-15-19)22(21)35-25(30)18-12-6-2-7-13-18/h1-15,20-23,27-28,32H,16H2/t20-,21+,22-,23-,27-/m0/s1. The van der Waals surface area contributed by atoms with Gasteiger partial charge in [-0.3, -0.25) is 0 Å². The van der Waals surface area contributed by atoms with Gasteiger partial charge >= 0.3 is 17.9 Å². The maximum absolute atomic E-state index is 12.7. The molecular weight excluding hydrogens is 468 g/mol. The number of aliphatic hydroxyl groups is 2. The minimum atomic E-state index is -1.78. The normalized spacial score (nSPS) is 23.3. The number of aliphatic hydroxyl groups excluding tert-OH is 2. The van der Waals surface area contributed by atoms with Crippen LogP contribution < -0.4 is 0 Å². The molecule has 1 aliphatic heterocycles. The summed E-state index contributed by atoms with van der Waals surface area (Å²) in [6.07, 6.45) is -7.72. The number of rotatable bonds is 7. The van der Waals surface area contributed by atoms with Gasteiger partial charge in [0.1, 0.15) is 18.8 Å². The predicted octanol–water partition coefficient (Wildman–Crippen LogP) is 2.37. The molecule has 5 atom stereocenters. The van der Waals surface area contributed by atoms with E-state index in [2.05, 4.69) is 0 Å². The summed E-state index contributed by atoms with van der Waals surface area (Å²) in [6.45, 7) is -0.454. The Morgan fingerprint density at radius 2 is 1.06 bits per heavy atom. The molecule has 2 N–H and O–H groups in total. The van der Waals surface area contributed by atoms with E-state index in [4.69, 9.17) is 18.9 Å². The number of benzene rings is 3. The fourth-order valence-electron chi connectivity index (χ4n) is 3.65. The van der Waals surface area contributed by atoms with Crippen molar-refractivity contribution in [1.82, 2.24) is 0 Å². The third-order valence-electron chi connectivity index (χ3n) is 5.53. The van der Waals surface area contributed by atoms with Crippen LogP contribution in [-0.2, 0) is 18.9 Å². The van der Waals surface area contributed by atoms with Crippen LogP contribution in [0.5, 0.6) is 0 Å². The summed E-state index contributed by atoms with van der Waals surface area (Å²) in [5.41, 5.74) is 0.655. The van der Waals surface area contributed by atoms with Crippen LogP contribution in [0.25, 0.3) is 0 Å². The van der Waals surface area contributed by atoms with E-state index in [-0.39, 0.29) is 16.7 Å². The van der Waals surface area contributed by atoms with Gasteiger partial charge in [0, 0.05) is 0 Å². The number of ether oxygens (including phenoxy) is 4. The Labute approximate surface area is 206 Å². The predicted molar refractivity (Wildman–Crippen MR) is 125 cm³/mol. The van der Waals surface area contributed by atoms with Gasteiger partial charge < -0.3 is 29.2 Å². The largest absolute Gasteiger partial charge is 0.459 e. The van der Waals surface area contributed by atoms with Crippen LogP contribution in [0.15, 0.2) is 91.0 Å². The van der Waals surface area contributed by atoms with Crippen LogP contribution in [-0.4, -0.2) is 65.4 Å². The molecule has 9 nitrogen and oxygen atoms in total. The molecule has 3 aromatic rings. The lowest BCUT2D eigenvalue weighted by Crippen LogP contribution is -2.61. The second kappa shape index (κ2) is 11.6. The molecule has 36 heavy (non-hydrogen) atoms. The van der Waals surface area contributed by atoms with E-state index in [0.29, 0.717) is 0 Å². The first-order valence-electron chi connectivity index (χ1n) is 11.2. The van der Waals surface area contributed by atoms with Crippen molar-refractivity contribution in [2.45, 2.75) is 30.7 Å². The van der Waals surface area contributed by atoms with Crippen LogP contribution in [0.1, 0.15) is 31.1 Å². The molecule has 3 aromatic carbocycles. The van der Waals surface area contributed by atoms with E-state index < -0.39 is 55.2 Å². The summed E-state index contributed by atoms with van der Waals surface area (Å²) < 4.78 is 21.5. The van der Waals surface area contributed by atoms with Crippen molar-refractivity contribution >= 4 is 17.9 Å². The molecule has 0 saturated carbocycles. The average molecular weight is 492 g/mol. The second-order valence-electron chi connectivity index (χ2n) is 7.99. The zero-order valence-electron chi connectivity index (χ0n) is 19.0. The van der Waals surface area contributed by atoms with Crippen LogP contribution in [0.4, 0.5) is 0 Å². The minimum absolute atomic E-state index is 0.186. The maximum atomic E-state index is 12.7. The Morgan fingerprint density at radius 3 is 1.53 bits per heavy atom. The highest BCUT2D eigenvalue weighted by Crippen LogP contribution is 2.27. The van der Waals surface area contributed by atoms with Crippen molar-refractivity contribution in [2.24, 2.45) is 0 Å². The summed E-state index contributed by atoms with van der Waals surface area (Å²) in [4.78, 5) is 37.7. The van der Waals surface area contributed by atoms with Crippen molar-refractivity contribution < 1.29 is 43.5 Å². The third kappa shape index (κ3) is 5.95. The SMILES string of the molecule is O=C(OC[C@@H]1O[C@H](O)[C@@H](OC(=O)c2ccccc2)[C@@H](OC(=O)c2ccccc2)[C@@H]1O)c1ccccc1. The molecule has 0 amide bonds. The van der Waals surface area contributed by atoms with Crippen LogP contribution in [0.2, 0.25) is 0 Å². The molecule has 4 rings (SSSR count). The number of carbonyl (C=O) groups is 3. The minimum Gasteiger partial charge on any atom is -0.459 e. The fourth-order valence-corrected chi connectivity index (χ4v) is 3.65. The summed E-state index contributed by atoms with van der Waals surface area (Å²) >= 11 is 0. The van der Waals surface area contributed by atoms with Gasteiger partial charge in [-0.25, -0.2) is 14.4 Å². The summed E-state index contributed by atoms with van der Waals surface area (Å²) in [7, 11) is 0. The van der Waals surface area contributed by atoms with Gasteiger partial charge in [-0.2, -0.15) is 0 Å². The fraction of sp³-hybridized carbons (Fsp3) is 0.222. The molecule has 186 valence electrons. The van der Waals surface area contributed by atoms with E-state index in [1.54, 1.807) is 66.7 Å². The summed E-state index contributed by atoms with van der Waals surface area (Å²) in [5, 5.41) is 21.6. The van der Waals surface area contributed by atoms with Crippen molar-refractivity contribution in [1.29, 1.82) is 0 Å². The third-order valence-corrected chi connectivity index (χ3v) is 5.53. The lowest BCUT2D eigenvalue weighted by Gasteiger charge is -2.41. The monoisotopic (exact) mass is 492 g/mol. The first-order valence-corrected chi connectivity index (χ1v) is 11.2. The van der Waals surface area contributed by atoms with Gasteiger partial charge in [-0.15, -0.1) is 0 Å². The van der Waals surface area contributed by atoms with Crippen molar-refractivity contribution in [3.63, 3.8) is 0 Å². The molecule has 1 fully saturated rings. The van der Waals surface area contributed by atoms with Gasteiger partial charge in [-0.1, -0.05) is 54.6 Å². The summed E-state index contributed by atoms with van der Waals surface area (Å²) in [6, 6.07) is 24.1. The highest BCUT2D eigenvalue weighted by atomic mass is 16.7. The van der Waals surface area contributed by atoms with E-state index in [1.807, 2.05) is 0 Å². The van der Waals surface area contributed by atoms with E-state index >= 15 is 0 Å². The highest BCUT2D eigenvalue weighted by Gasteiger charge is 2.50. The molecular formula is C27H24O9. The zero-order chi connectivity index (χ0) is 25.5. The van der Waals surface area contributed by atoms with E-state index in [0.717, 1.165) is 0 Å². The van der Waals surface area contributed by atoms with Gasteiger partial charge in [-0.05, 0) is 36.4 Å². The first kappa shape index (κ1) is 25.1. The van der Waals surface area contributed by atoms with E-state index in [9.17, 15) is 24.6 Å². The Balaban J connectivity index is 1.52. The second-order valence-corrected chi connectivity index (χ2v) is 7.99. The Bertz CT molecular complexity index is 1170. The number of hydrogen-bond donors (Lipinski definition) is 2. The quantitative estimate of drug-likeness (QED) is 0.377. The molecule has 0 unspecified atom stereocenters. The van der Waals surface area contributed by atoms with Crippen molar-refractivity contribution in [3.8, 4) is 0 Å². The smallest absolute Gasteiger partial charge is 0.338 e. The number of carbonyl (C=O) groups excluding carboxylic acids is 3.